The molecule has 2 atom stereocenters. The van der Waals surface area contributed by atoms with Gasteiger partial charge in [-0.15, -0.1) is 0 Å². The molecule has 0 aromatic heterocycles. The zero-order valence-electron chi connectivity index (χ0n) is 20.1. The molecule has 0 aliphatic carbocycles. The molecular formula is C19H29N4O11P. The lowest BCUT2D eigenvalue weighted by Gasteiger charge is -2.26. The van der Waals surface area contributed by atoms with Crippen molar-refractivity contribution < 1.29 is 42.7 Å². The van der Waals surface area contributed by atoms with E-state index in [1.54, 1.807) is 27.7 Å². The van der Waals surface area contributed by atoms with E-state index in [1.165, 1.54) is 13.8 Å². The van der Waals surface area contributed by atoms with Gasteiger partial charge in [0.15, 0.2) is 12.5 Å². The Morgan fingerprint density at radius 2 is 1.40 bits per heavy atom. The number of carbonyl (C=O) groups excluding carboxylic acids is 2. The molecular weight excluding hydrogens is 491 g/mol. The SMILES string of the molecule is CC(C)OC(=O)[C@H](C)NP(=O)(N[C@@H](C)C(=O)OC(C)C)OCOc1ccc([N+](=O)[O-])cc1[N+](=O)[O-]. The first-order valence-electron chi connectivity index (χ1n) is 10.4. The van der Waals surface area contributed by atoms with Crippen molar-refractivity contribution in [1.29, 1.82) is 0 Å². The highest BCUT2D eigenvalue weighted by Gasteiger charge is 2.34. The third-order valence-electron chi connectivity index (χ3n) is 3.94. The van der Waals surface area contributed by atoms with Gasteiger partial charge in [-0.25, -0.2) is 10.2 Å². The van der Waals surface area contributed by atoms with Gasteiger partial charge in [0.2, 0.25) is 0 Å². The highest BCUT2D eigenvalue weighted by atomic mass is 31.2. The topological polar surface area (TPSA) is 198 Å². The van der Waals surface area contributed by atoms with Crippen molar-refractivity contribution in [3.8, 4) is 5.75 Å². The predicted molar refractivity (Wildman–Crippen MR) is 122 cm³/mol. The number of nitrogens with zero attached hydrogens (tertiary/aromatic N) is 2. The Hall–Kier alpha value is -3.13. The van der Waals surface area contributed by atoms with Crippen LogP contribution in [0.2, 0.25) is 0 Å². The maximum absolute atomic E-state index is 13.4. The molecule has 1 rings (SSSR count). The largest absolute Gasteiger partial charge is 0.462 e. The fourth-order valence-electron chi connectivity index (χ4n) is 2.44. The number of ether oxygens (including phenoxy) is 3. The highest BCUT2D eigenvalue weighted by molar-refractivity contribution is 7.54. The van der Waals surface area contributed by atoms with Gasteiger partial charge in [-0.05, 0) is 47.6 Å². The van der Waals surface area contributed by atoms with Gasteiger partial charge in [0, 0.05) is 6.07 Å². The quantitative estimate of drug-likeness (QED) is 0.119. The minimum Gasteiger partial charge on any atom is -0.462 e. The summed E-state index contributed by atoms with van der Waals surface area (Å²) in [5.74, 6) is -1.91. The van der Waals surface area contributed by atoms with Crippen molar-refractivity contribution in [1.82, 2.24) is 10.2 Å². The van der Waals surface area contributed by atoms with Crippen molar-refractivity contribution in [2.24, 2.45) is 0 Å². The van der Waals surface area contributed by atoms with E-state index in [1.807, 2.05) is 0 Å². The van der Waals surface area contributed by atoms with Crippen LogP contribution in [-0.4, -0.2) is 52.9 Å². The van der Waals surface area contributed by atoms with Crippen LogP contribution >= 0.6 is 7.67 Å². The van der Waals surface area contributed by atoms with Crippen LogP contribution in [0.4, 0.5) is 11.4 Å². The van der Waals surface area contributed by atoms with E-state index >= 15 is 0 Å². The zero-order valence-corrected chi connectivity index (χ0v) is 21.0. The van der Waals surface area contributed by atoms with Crippen molar-refractivity contribution >= 4 is 31.0 Å². The van der Waals surface area contributed by atoms with Gasteiger partial charge in [-0.2, -0.15) is 0 Å². The second-order valence-corrected chi connectivity index (χ2v) is 9.66. The van der Waals surface area contributed by atoms with E-state index in [-0.39, 0.29) is 0 Å². The third kappa shape index (κ3) is 9.94. The van der Waals surface area contributed by atoms with Gasteiger partial charge in [-0.3, -0.25) is 38.9 Å². The summed E-state index contributed by atoms with van der Waals surface area (Å²) in [5, 5.41) is 27.0. The van der Waals surface area contributed by atoms with Crippen LogP contribution in [0.15, 0.2) is 18.2 Å². The van der Waals surface area contributed by atoms with Crippen molar-refractivity contribution in [3.05, 3.63) is 38.4 Å². The maximum Gasteiger partial charge on any atom is 0.345 e. The normalized spacial score (nSPS) is 13.3. The minimum absolute atomic E-state index is 0.397. The van der Waals surface area contributed by atoms with Gasteiger partial charge in [0.25, 0.3) is 5.69 Å². The van der Waals surface area contributed by atoms with Crippen LogP contribution in [0, 0.1) is 20.2 Å². The lowest BCUT2D eigenvalue weighted by atomic mass is 10.2. The number of esters is 2. The number of non-ortho nitro benzene ring substituents is 1. The molecule has 15 nitrogen and oxygen atoms in total. The Bertz CT molecular complexity index is 952. The van der Waals surface area contributed by atoms with E-state index in [9.17, 15) is 34.4 Å². The summed E-state index contributed by atoms with van der Waals surface area (Å²) in [5.41, 5.74) is -1.25. The van der Waals surface area contributed by atoms with E-state index in [2.05, 4.69) is 10.2 Å². The molecule has 0 unspecified atom stereocenters. The number of rotatable bonds is 14. The third-order valence-corrected chi connectivity index (χ3v) is 5.86. The van der Waals surface area contributed by atoms with Crippen molar-refractivity contribution in [2.75, 3.05) is 6.79 Å². The number of nitro groups is 2. The zero-order chi connectivity index (χ0) is 26.9. The summed E-state index contributed by atoms with van der Waals surface area (Å²) >= 11 is 0. The molecule has 0 aliphatic heterocycles. The average molecular weight is 520 g/mol. The number of hydrogen-bond acceptors (Lipinski definition) is 11. The van der Waals surface area contributed by atoms with Gasteiger partial charge in [-0.1, -0.05) is 0 Å². The molecule has 2 N–H and O–H groups in total. The van der Waals surface area contributed by atoms with Crippen LogP contribution in [0.1, 0.15) is 41.5 Å². The Morgan fingerprint density at radius 3 is 1.80 bits per heavy atom. The number of benzene rings is 1. The second kappa shape index (κ2) is 13.1. The fourth-order valence-corrected chi connectivity index (χ4v) is 4.10. The number of nitro benzene ring substituents is 2. The smallest absolute Gasteiger partial charge is 0.345 e. The Kier molecular flexibility index (Phi) is 11.2. The monoisotopic (exact) mass is 520 g/mol. The standard InChI is InChI=1S/C19H29N4O11P/c1-11(2)33-18(24)13(5)20-35(30,21-14(6)19(25)34-12(3)4)32-10-31-17-8-7-15(22(26)27)9-16(17)23(28)29/h7-9,11-14H,10H2,1-6H3,(H2,20,21,30)/t13-,14-/m0/s1. The lowest BCUT2D eigenvalue weighted by Crippen LogP contribution is -2.43. The first kappa shape index (κ1) is 29.9. The highest BCUT2D eigenvalue weighted by Crippen LogP contribution is 2.40. The Balaban J connectivity index is 3.06. The summed E-state index contributed by atoms with van der Waals surface area (Å²) in [6, 6.07) is 0.346. The summed E-state index contributed by atoms with van der Waals surface area (Å²) in [4.78, 5) is 44.7. The van der Waals surface area contributed by atoms with Crippen LogP contribution in [0.5, 0.6) is 5.75 Å². The van der Waals surface area contributed by atoms with Crippen LogP contribution in [0.25, 0.3) is 0 Å². The van der Waals surface area contributed by atoms with E-state index in [4.69, 9.17) is 18.7 Å². The summed E-state index contributed by atoms with van der Waals surface area (Å²) in [6.45, 7) is 8.32. The first-order chi connectivity index (χ1) is 16.1. The minimum atomic E-state index is -4.23. The molecule has 0 amide bonds. The molecule has 0 saturated heterocycles. The molecule has 1 aromatic carbocycles. The van der Waals surface area contributed by atoms with E-state index in [0.29, 0.717) is 6.07 Å². The molecule has 0 fully saturated rings. The predicted octanol–water partition coefficient (Wildman–Crippen LogP) is 2.82. The summed E-state index contributed by atoms with van der Waals surface area (Å²) < 4.78 is 33.9. The van der Waals surface area contributed by atoms with E-state index in [0.717, 1.165) is 12.1 Å². The maximum atomic E-state index is 13.4. The molecule has 196 valence electrons. The number of nitrogens with one attached hydrogen (secondary N) is 2. The van der Waals surface area contributed by atoms with Crippen molar-refractivity contribution in [2.45, 2.75) is 65.8 Å². The Labute approximate surface area is 201 Å². The molecule has 0 radical (unpaired) electrons. The first-order valence-corrected chi connectivity index (χ1v) is 12.0. The molecule has 0 spiro atoms. The second-order valence-electron chi connectivity index (χ2n) is 7.78. The lowest BCUT2D eigenvalue weighted by molar-refractivity contribution is -0.394. The van der Waals surface area contributed by atoms with Gasteiger partial charge in [0.1, 0.15) is 12.1 Å². The molecule has 0 heterocycles. The number of hydrogen-bond donors (Lipinski definition) is 2. The molecule has 0 saturated carbocycles. The molecule has 16 heteroatoms. The van der Waals surface area contributed by atoms with Crippen LogP contribution in [0.3, 0.4) is 0 Å². The molecule has 0 aliphatic rings. The van der Waals surface area contributed by atoms with Crippen LogP contribution < -0.4 is 14.9 Å². The van der Waals surface area contributed by atoms with Gasteiger partial charge in [0.05, 0.1) is 28.1 Å². The van der Waals surface area contributed by atoms with Gasteiger partial charge < -0.3 is 14.2 Å². The summed E-state index contributed by atoms with van der Waals surface area (Å²) in [6.07, 6.45) is -0.906. The Morgan fingerprint density at radius 1 is 0.914 bits per heavy atom. The molecule has 0 bridgehead atoms. The average Bonchev–Trinajstić information content (AvgIpc) is 2.72. The number of carbonyl (C=O) groups is 2. The molecule has 1 aromatic rings. The van der Waals surface area contributed by atoms with Crippen molar-refractivity contribution in [3.63, 3.8) is 0 Å². The summed E-state index contributed by atoms with van der Waals surface area (Å²) in [7, 11) is -4.23. The molecule has 35 heavy (non-hydrogen) atoms. The van der Waals surface area contributed by atoms with Gasteiger partial charge >= 0.3 is 25.3 Å². The van der Waals surface area contributed by atoms with E-state index < -0.39 is 77.7 Å². The fraction of sp³-hybridized carbons (Fsp3) is 0.579. The van der Waals surface area contributed by atoms with Crippen LogP contribution in [-0.2, 0) is 28.2 Å².